The van der Waals surface area contributed by atoms with E-state index in [2.05, 4.69) is 25.4 Å². The first kappa shape index (κ1) is 21.4. The molecule has 2 aromatic heterocycles. The van der Waals surface area contributed by atoms with Crippen molar-refractivity contribution >= 4 is 39.2 Å². The maximum Gasteiger partial charge on any atom is 0.248 e. The summed E-state index contributed by atoms with van der Waals surface area (Å²) >= 11 is 1.39. The number of hydrogen-bond donors (Lipinski definition) is 1. The van der Waals surface area contributed by atoms with Gasteiger partial charge in [-0.2, -0.15) is 5.26 Å². The Bertz CT molecular complexity index is 1230. The molecule has 0 spiro atoms. The maximum atomic E-state index is 12.8. The molecule has 10 heteroatoms. The predicted octanol–water partition coefficient (Wildman–Crippen LogP) is 1.35. The SMILES string of the molecule is N#Cc1cnc(N2CCN(C(=O)CN3CC(Cn4ccc5ccc(C(N)=O)cc54)C3)CC2)s1. The van der Waals surface area contributed by atoms with E-state index in [9.17, 15) is 9.59 Å². The first-order chi connectivity index (χ1) is 16.0. The third-order valence-electron chi connectivity index (χ3n) is 6.41. The summed E-state index contributed by atoms with van der Waals surface area (Å²) in [4.78, 5) is 35.4. The van der Waals surface area contributed by atoms with Crippen molar-refractivity contribution in [1.29, 1.82) is 5.26 Å². The number of aromatic nitrogens is 2. The fourth-order valence-corrected chi connectivity index (χ4v) is 5.36. The zero-order valence-electron chi connectivity index (χ0n) is 18.2. The van der Waals surface area contributed by atoms with Crippen LogP contribution in [0.15, 0.2) is 36.7 Å². The van der Waals surface area contributed by atoms with Crippen LogP contribution >= 0.6 is 11.3 Å². The molecule has 4 heterocycles. The Morgan fingerprint density at radius 2 is 1.97 bits per heavy atom. The molecule has 0 saturated carbocycles. The van der Waals surface area contributed by atoms with Crippen molar-refractivity contribution in [3.63, 3.8) is 0 Å². The molecule has 0 bridgehead atoms. The summed E-state index contributed by atoms with van der Waals surface area (Å²) in [5, 5.41) is 10.9. The minimum atomic E-state index is -0.419. The van der Waals surface area contributed by atoms with Crippen molar-refractivity contribution in [3.8, 4) is 6.07 Å². The van der Waals surface area contributed by atoms with Gasteiger partial charge in [0.15, 0.2) is 5.13 Å². The topological polar surface area (TPSA) is 111 Å². The Labute approximate surface area is 195 Å². The molecule has 5 rings (SSSR count). The normalized spacial score (nSPS) is 17.2. The van der Waals surface area contributed by atoms with Crippen molar-refractivity contribution < 1.29 is 9.59 Å². The maximum absolute atomic E-state index is 12.8. The number of anilines is 1. The monoisotopic (exact) mass is 463 g/mol. The zero-order valence-corrected chi connectivity index (χ0v) is 19.0. The molecule has 2 aliphatic heterocycles. The van der Waals surface area contributed by atoms with Crippen molar-refractivity contribution in [2.45, 2.75) is 6.54 Å². The lowest BCUT2D eigenvalue weighted by molar-refractivity contribution is -0.134. The molecule has 1 aromatic carbocycles. The van der Waals surface area contributed by atoms with E-state index in [0.29, 0.717) is 36.0 Å². The quantitative estimate of drug-likeness (QED) is 0.591. The van der Waals surface area contributed by atoms with Crippen LogP contribution < -0.4 is 10.6 Å². The van der Waals surface area contributed by atoms with Gasteiger partial charge >= 0.3 is 0 Å². The van der Waals surface area contributed by atoms with Crippen LogP contribution in [0.25, 0.3) is 10.9 Å². The van der Waals surface area contributed by atoms with Gasteiger partial charge in [0.05, 0.1) is 12.7 Å². The third-order valence-corrected chi connectivity index (χ3v) is 7.37. The summed E-state index contributed by atoms with van der Waals surface area (Å²) in [5.74, 6) is 0.224. The minimum absolute atomic E-state index is 0.169. The highest BCUT2D eigenvalue weighted by Gasteiger charge is 2.31. The average Bonchev–Trinajstić information content (AvgIpc) is 3.44. The standard InChI is InChI=1S/C23H25N7O2S/c24-10-19-11-26-23(33-19)29-7-5-28(6-8-29)21(31)15-27-12-16(13-27)14-30-4-3-17-1-2-18(22(25)32)9-20(17)30/h1-4,9,11,16H,5-8,12-15H2,(H2,25,32). The molecule has 2 saturated heterocycles. The molecule has 0 aliphatic carbocycles. The third kappa shape index (κ3) is 4.42. The van der Waals surface area contributed by atoms with E-state index in [0.717, 1.165) is 48.8 Å². The Morgan fingerprint density at radius 3 is 2.67 bits per heavy atom. The fourth-order valence-electron chi connectivity index (χ4n) is 4.60. The first-order valence-corrected chi connectivity index (χ1v) is 11.8. The number of rotatable bonds is 6. The van der Waals surface area contributed by atoms with Gasteiger partial charge in [-0.3, -0.25) is 14.5 Å². The Hall–Kier alpha value is -3.42. The Morgan fingerprint density at radius 1 is 1.18 bits per heavy atom. The molecular weight excluding hydrogens is 438 g/mol. The summed E-state index contributed by atoms with van der Waals surface area (Å²) in [6.45, 7) is 5.90. The molecule has 2 amide bonds. The van der Waals surface area contributed by atoms with Crippen LogP contribution in [0.2, 0.25) is 0 Å². The molecule has 33 heavy (non-hydrogen) atoms. The second-order valence-corrected chi connectivity index (χ2v) is 9.66. The van der Waals surface area contributed by atoms with Crippen LogP contribution in [0.4, 0.5) is 5.13 Å². The summed E-state index contributed by atoms with van der Waals surface area (Å²) in [6.07, 6.45) is 3.65. The van der Waals surface area contributed by atoms with Crippen molar-refractivity contribution in [1.82, 2.24) is 19.4 Å². The highest BCUT2D eigenvalue weighted by molar-refractivity contribution is 7.16. The largest absolute Gasteiger partial charge is 0.366 e. The van der Waals surface area contributed by atoms with E-state index >= 15 is 0 Å². The number of benzene rings is 1. The molecular formula is C23H25N7O2S. The average molecular weight is 464 g/mol. The van der Waals surface area contributed by atoms with Gasteiger partial charge in [-0.05, 0) is 23.6 Å². The van der Waals surface area contributed by atoms with E-state index in [1.54, 1.807) is 12.3 Å². The summed E-state index contributed by atoms with van der Waals surface area (Å²) in [5.41, 5.74) is 6.96. The van der Waals surface area contributed by atoms with Crippen molar-refractivity contribution in [2.75, 3.05) is 50.7 Å². The number of likely N-dealkylation sites (tertiary alicyclic amines) is 1. The van der Waals surface area contributed by atoms with Gasteiger partial charge in [-0.1, -0.05) is 17.4 Å². The number of nitrogens with zero attached hydrogens (tertiary/aromatic N) is 6. The number of fused-ring (bicyclic) bond motifs is 1. The van der Waals surface area contributed by atoms with Crippen LogP contribution in [0.5, 0.6) is 0 Å². The van der Waals surface area contributed by atoms with Gasteiger partial charge in [-0.15, -0.1) is 0 Å². The number of piperazine rings is 1. The van der Waals surface area contributed by atoms with Crippen LogP contribution in [0.3, 0.4) is 0 Å². The highest BCUT2D eigenvalue weighted by atomic mass is 32.1. The number of nitriles is 1. The molecule has 0 atom stereocenters. The van der Waals surface area contributed by atoms with Crippen molar-refractivity contribution in [2.24, 2.45) is 11.7 Å². The number of amides is 2. The number of thiazole rings is 1. The minimum Gasteiger partial charge on any atom is -0.366 e. The van der Waals surface area contributed by atoms with Crippen LogP contribution in [-0.2, 0) is 11.3 Å². The number of nitrogens with two attached hydrogens (primary N) is 1. The van der Waals surface area contributed by atoms with Crippen LogP contribution in [-0.4, -0.2) is 77.0 Å². The van der Waals surface area contributed by atoms with Gasteiger partial charge in [0.25, 0.3) is 0 Å². The van der Waals surface area contributed by atoms with E-state index in [4.69, 9.17) is 11.0 Å². The number of primary amides is 1. The van der Waals surface area contributed by atoms with E-state index in [1.165, 1.54) is 11.3 Å². The van der Waals surface area contributed by atoms with Gasteiger partial charge in [-0.25, -0.2) is 4.98 Å². The lowest BCUT2D eigenvalue weighted by atomic mass is 10.00. The lowest BCUT2D eigenvalue weighted by Gasteiger charge is -2.41. The molecule has 2 N–H and O–H groups in total. The highest BCUT2D eigenvalue weighted by Crippen LogP contribution is 2.25. The second kappa shape index (κ2) is 8.84. The summed E-state index contributed by atoms with van der Waals surface area (Å²) in [7, 11) is 0. The molecule has 9 nitrogen and oxygen atoms in total. The molecule has 0 unspecified atom stereocenters. The smallest absolute Gasteiger partial charge is 0.248 e. The molecule has 2 aliphatic rings. The van der Waals surface area contributed by atoms with Gasteiger partial charge in [0.1, 0.15) is 10.9 Å². The number of hydrogen-bond acceptors (Lipinski definition) is 7. The predicted molar refractivity (Wildman–Crippen MR) is 126 cm³/mol. The van der Waals surface area contributed by atoms with Crippen LogP contribution in [0.1, 0.15) is 15.2 Å². The summed E-state index contributed by atoms with van der Waals surface area (Å²) in [6, 6.07) is 9.70. The Kier molecular flexibility index (Phi) is 5.74. The Balaban J connectivity index is 1.09. The van der Waals surface area contributed by atoms with Gasteiger partial charge in [0, 0.05) is 69.0 Å². The van der Waals surface area contributed by atoms with Gasteiger partial charge < -0.3 is 20.1 Å². The van der Waals surface area contributed by atoms with Gasteiger partial charge in [0.2, 0.25) is 11.8 Å². The van der Waals surface area contributed by atoms with Crippen LogP contribution in [0, 0.1) is 17.2 Å². The number of carbonyl (C=O) groups excluding carboxylic acids is 2. The second-order valence-electron chi connectivity index (χ2n) is 8.65. The van der Waals surface area contributed by atoms with E-state index < -0.39 is 5.91 Å². The molecule has 170 valence electrons. The fraction of sp³-hybridized carbons (Fsp3) is 0.391. The van der Waals surface area contributed by atoms with E-state index in [1.807, 2.05) is 29.3 Å². The zero-order chi connectivity index (χ0) is 22.9. The molecule has 3 aromatic rings. The lowest BCUT2D eigenvalue weighted by Crippen LogP contribution is -2.55. The number of carbonyl (C=O) groups is 2. The van der Waals surface area contributed by atoms with Crippen molar-refractivity contribution in [3.05, 3.63) is 47.1 Å². The molecule has 0 radical (unpaired) electrons. The van der Waals surface area contributed by atoms with E-state index in [-0.39, 0.29) is 5.91 Å². The first-order valence-electron chi connectivity index (χ1n) is 11.0. The molecule has 2 fully saturated rings. The summed E-state index contributed by atoms with van der Waals surface area (Å²) < 4.78 is 2.17.